The minimum absolute atomic E-state index is 0.211. The number of rotatable bonds is 3. The van der Waals surface area contributed by atoms with Crippen molar-refractivity contribution in [2.75, 3.05) is 0 Å². The number of aromatic nitrogens is 3. The molecule has 20 heavy (non-hydrogen) atoms. The van der Waals surface area contributed by atoms with Crippen molar-refractivity contribution >= 4 is 26.8 Å². The van der Waals surface area contributed by atoms with Crippen LogP contribution in [-0.2, 0) is 13.1 Å². The van der Waals surface area contributed by atoms with Crippen LogP contribution in [0.3, 0.4) is 0 Å². The normalized spacial score (nSPS) is 11.4. The summed E-state index contributed by atoms with van der Waals surface area (Å²) in [7, 11) is 0. The zero-order chi connectivity index (χ0) is 14.3. The van der Waals surface area contributed by atoms with Gasteiger partial charge in [-0.2, -0.15) is 5.10 Å². The first kappa shape index (κ1) is 13.4. The molecule has 0 spiro atoms. The van der Waals surface area contributed by atoms with Gasteiger partial charge in [0.05, 0.1) is 27.9 Å². The average molecular weight is 336 g/mol. The van der Waals surface area contributed by atoms with E-state index in [4.69, 9.17) is 0 Å². The summed E-state index contributed by atoms with van der Waals surface area (Å²) in [5.74, 6) is -0.211. The summed E-state index contributed by atoms with van der Waals surface area (Å²) >= 11 is 3.60. The van der Waals surface area contributed by atoms with Gasteiger partial charge in [0, 0.05) is 12.7 Å². The first-order chi connectivity index (χ1) is 9.60. The summed E-state index contributed by atoms with van der Waals surface area (Å²) in [6.45, 7) is 5.53. The second-order valence-electron chi connectivity index (χ2n) is 4.81. The van der Waals surface area contributed by atoms with Crippen LogP contribution in [0.25, 0.3) is 10.9 Å². The average Bonchev–Trinajstić information content (AvgIpc) is 2.95. The summed E-state index contributed by atoms with van der Waals surface area (Å²) in [6.07, 6.45) is 1.98. The Morgan fingerprint density at radius 3 is 2.85 bits per heavy atom. The van der Waals surface area contributed by atoms with E-state index in [0.717, 1.165) is 33.3 Å². The molecule has 2 heterocycles. The largest absolute Gasteiger partial charge is 0.341 e. The summed E-state index contributed by atoms with van der Waals surface area (Å²) in [6, 6.07) is 6.87. The lowest BCUT2D eigenvalue weighted by atomic mass is 10.2. The molecule has 0 fully saturated rings. The van der Waals surface area contributed by atoms with Gasteiger partial charge in [0.2, 0.25) is 0 Å². The lowest BCUT2D eigenvalue weighted by Crippen LogP contribution is -2.07. The van der Waals surface area contributed by atoms with E-state index >= 15 is 0 Å². The van der Waals surface area contributed by atoms with Gasteiger partial charge in [-0.1, -0.05) is 0 Å². The minimum Gasteiger partial charge on any atom is -0.341 e. The lowest BCUT2D eigenvalue weighted by Gasteiger charge is -2.08. The highest BCUT2D eigenvalue weighted by Gasteiger charge is 2.13. The van der Waals surface area contributed by atoms with Gasteiger partial charge in [0.1, 0.15) is 5.82 Å². The van der Waals surface area contributed by atoms with Gasteiger partial charge in [0.25, 0.3) is 0 Å². The van der Waals surface area contributed by atoms with Crippen LogP contribution >= 0.6 is 15.9 Å². The molecule has 0 bridgehead atoms. The number of hydrogen-bond donors (Lipinski definition) is 0. The van der Waals surface area contributed by atoms with E-state index in [-0.39, 0.29) is 5.82 Å². The van der Waals surface area contributed by atoms with Crippen molar-refractivity contribution in [2.45, 2.75) is 26.9 Å². The quantitative estimate of drug-likeness (QED) is 0.706. The summed E-state index contributed by atoms with van der Waals surface area (Å²) in [5, 5.41) is 5.53. The number of hydrogen-bond acceptors (Lipinski definition) is 1. The monoisotopic (exact) mass is 335 g/mol. The fourth-order valence-electron chi connectivity index (χ4n) is 2.48. The first-order valence-electron chi connectivity index (χ1n) is 6.56. The van der Waals surface area contributed by atoms with Gasteiger partial charge in [-0.25, -0.2) is 4.39 Å². The lowest BCUT2D eigenvalue weighted by molar-refractivity contribution is 0.599. The molecule has 0 saturated heterocycles. The van der Waals surface area contributed by atoms with Gasteiger partial charge in [-0.05, 0) is 59.4 Å². The molecule has 104 valence electrons. The van der Waals surface area contributed by atoms with Crippen molar-refractivity contribution < 1.29 is 4.39 Å². The number of fused-ring (bicyclic) bond motifs is 1. The molecule has 3 rings (SSSR count). The van der Waals surface area contributed by atoms with E-state index in [9.17, 15) is 4.39 Å². The fraction of sp³-hybridized carbons (Fsp3) is 0.267. The molecule has 0 amide bonds. The van der Waals surface area contributed by atoms with Gasteiger partial charge in [0.15, 0.2) is 0 Å². The number of benzene rings is 1. The SMILES string of the molecule is CCn1nc(C)c(Br)c1Cn1ccc2ccc(F)cc21. The highest BCUT2D eigenvalue weighted by Crippen LogP contribution is 2.24. The third-order valence-electron chi connectivity index (χ3n) is 3.51. The van der Waals surface area contributed by atoms with Crippen molar-refractivity contribution in [3.05, 3.63) is 52.1 Å². The molecule has 0 radical (unpaired) electrons. The van der Waals surface area contributed by atoms with Crippen molar-refractivity contribution in [1.82, 2.24) is 14.3 Å². The molecule has 0 N–H and O–H groups in total. The Balaban J connectivity index is 2.07. The van der Waals surface area contributed by atoms with Gasteiger partial charge < -0.3 is 4.57 Å². The van der Waals surface area contributed by atoms with E-state index in [2.05, 4.69) is 28.0 Å². The number of halogens is 2. The molecule has 2 aromatic heterocycles. The Labute approximate surface area is 125 Å². The van der Waals surface area contributed by atoms with Gasteiger partial charge in [-0.15, -0.1) is 0 Å². The Morgan fingerprint density at radius 2 is 2.10 bits per heavy atom. The zero-order valence-corrected chi connectivity index (χ0v) is 13.0. The molecule has 0 aliphatic carbocycles. The van der Waals surface area contributed by atoms with Crippen LogP contribution in [0.4, 0.5) is 4.39 Å². The summed E-state index contributed by atoms with van der Waals surface area (Å²) < 4.78 is 18.5. The summed E-state index contributed by atoms with van der Waals surface area (Å²) in [5.41, 5.74) is 2.98. The second-order valence-corrected chi connectivity index (χ2v) is 5.60. The van der Waals surface area contributed by atoms with E-state index in [1.807, 2.05) is 28.4 Å². The number of nitrogens with zero attached hydrogens (tertiary/aromatic N) is 3. The topological polar surface area (TPSA) is 22.8 Å². The van der Waals surface area contributed by atoms with Gasteiger partial charge in [-0.3, -0.25) is 4.68 Å². The molecular weight excluding hydrogens is 321 g/mol. The maximum absolute atomic E-state index is 13.4. The smallest absolute Gasteiger partial charge is 0.125 e. The van der Waals surface area contributed by atoms with Gasteiger partial charge >= 0.3 is 0 Å². The van der Waals surface area contributed by atoms with Crippen LogP contribution in [-0.4, -0.2) is 14.3 Å². The molecule has 0 unspecified atom stereocenters. The fourth-order valence-corrected chi connectivity index (χ4v) is 2.89. The molecule has 0 saturated carbocycles. The van der Waals surface area contributed by atoms with Crippen molar-refractivity contribution in [3.8, 4) is 0 Å². The number of aryl methyl sites for hydroxylation is 2. The molecular formula is C15H15BrFN3. The molecule has 0 atom stereocenters. The van der Waals surface area contributed by atoms with Crippen LogP contribution < -0.4 is 0 Å². The van der Waals surface area contributed by atoms with Crippen LogP contribution in [0.1, 0.15) is 18.3 Å². The Morgan fingerprint density at radius 1 is 1.30 bits per heavy atom. The van der Waals surface area contributed by atoms with Crippen molar-refractivity contribution in [2.24, 2.45) is 0 Å². The van der Waals surface area contributed by atoms with Crippen LogP contribution in [0.2, 0.25) is 0 Å². The van der Waals surface area contributed by atoms with Crippen LogP contribution in [0.15, 0.2) is 34.9 Å². The van der Waals surface area contributed by atoms with Crippen molar-refractivity contribution in [3.63, 3.8) is 0 Å². The highest BCUT2D eigenvalue weighted by atomic mass is 79.9. The Hall–Kier alpha value is -1.62. The van der Waals surface area contributed by atoms with Crippen molar-refractivity contribution in [1.29, 1.82) is 0 Å². The third kappa shape index (κ3) is 2.16. The zero-order valence-electron chi connectivity index (χ0n) is 11.4. The predicted octanol–water partition coefficient (Wildman–Crippen LogP) is 4.12. The summed E-state index contributed by atoms with van der Waals surface area (Å²) in [4.78, 5) is 0. The molecule has 1 aromatic carbocycles. The third-order valence-corrected chi connectivity index (χ3v) is 4.54. The minimum atomic E-state index is -0.211. The Kier molecular flexibility index (Phi) is 3.38. The van der Waals surface area contributed by atoms with Crippen LogP contribution in [0.5, 0.6) is 0 Å². The Bertz CT molecular complexity index is 773. The van der Waals surface area contributed by atoms with E-state index in [1.165, 1.54) is 6.07 Å². The maximum Gasteiger partial charge on any atom is 0.125 e. The molecule has 5 heteroatoms. The molecule has 0 aliphatic rings. The maximum atomic E-state index is 13.4. The second kappa shape index (κ2) is 5.05. The molecule has 0 aliphatic heterocycles. The predicted molar refractivity (Wildman–Crippen MR) is 81.3 cm³/mol. The van der Waals surface area contributed by atoms with E-state index in [0.29, 0.717) is 6.54 Å². The van der Waals surface area contributed by atoms with E-state index in [1.54, 1.807) is 12.1 Å². The highest BCUT2D eigenvalue weighted by molar-refractivity contribution is 9.10. The molecule has 3 aromatic rings. The van der Waals surface area contributed by atoms with Crippen LogP contribution in [0, 0.1) is 12.7 Å². The van der Waals surface area contributed by atoms with E-state index < -0.39 is 0 Å². The molecule has 3 nitrogen and oxygen atoms in total. The first-order valence-corrected chi connectivity index (χ1v) is 7.35. The standard InChI is InChI=1S/C15H15BrFN3/c1-3-20-14(15(16)10(2)18-20)9-19-7-6-11-4-5-12(17)8-13(11)19/h4-8H,3,9H2,1-2H3.